The first kappa shape index (κ1) is 10.1. The summed E-state index contributed by atoms with van der Waals surface area (Å²) >= 11 is 0. The Morgan fingerprint density at radius 1 is 1.20 bits per heavy atom. The van der Waals surface area contributed by atoms with Crippen LogP contribution in [0.25, 0.3) is 10.9 Å². The van der Waals surface area contributed by atoms with E-state index < -0.39 is 0 Å². The largest absolute Gasteiger partial charge is 0.253 e. The Bertz CT molecular complexity index is 477. The van der Waals surface area contributed by atoms with E-state index in [0.29, 0.717) is 11.3 Å². The number of hydrogen-bond donors (Lipinski definition) is 0. The van der Waals surface area contributed by atoms with E-state index in [9.17, 15) is 4.39 Å². The number of nitrogens with zero attached hydrogens (tertiary/aromatic N) is 1. The molecule has 0 aliphatic rings. The van der Waals surface area contributed by atoms with Crippen molar-refractivity contribution >= 4 is 10.9 Å². The molecule has 1 aromatic carbocycles. The molecule has 0 saturated heterocycles. The van der Waals surface area contributed by atoms with Crippen LogP contribution in [0, 0.1) is 11.7 Å². The van der Waals surface area contributed by atoms with Crippen molar-refractivity contribution < 1.29 is 4.39 Å². The first-order valence-corrected chi connectivity index (χ1v) is 5.21. The zero-order valence-electron chi connectivity index (χ0n) is 9.00. The van der Waals surface area contributed by atoms with Crippen molar-refractivity contribution in [3.63, 3.8) is 0 Å². The predicted molar refractivity (Wildman–Crippen MR) is 60.2 cm³/mol. The minimum Gasteiger partial charge on any atom is -0.253 e. The van der Waals surface area contributed by atoms with Gasteiger partial charge in [-0.2, -0.15) is 0 Å². The van der Waals surface area contributed by atoms with Gasteiger partial charge in [0.25, 0.3) is 0 Å². The molecule has 0 fully saturated rings. The number of pyridine rings is 1. The van der Waals surface area contributed by atoms with Gasteiger partial charge >= 0.3 is 0 Å². The second-order valence-corrected chi connectivity index (χ2v) is 4.21. The molecule has 1 heterocycles. The molecule has 0 atom stereocenters. The van der Waals surface area contributed by atoms with Crippen molar-refractivity contribution in [1.29, 1.82) is 0 Å². The Kier molecular flexibility index (Phi) is 2.67. The quantitative estimate of drug-likeness (QED) is 0.727. The third kappa shape index (κ3) is 2.14. The highest BCUT2D eigenvalue weighted by Gasteiger charge is 2.03. The summed E-state index contributed by atoms with van der Waals surface area (Å²) < 4.78 is 13.3. The fraction of sp³-hybridized carbons (Fsp3) is 0.308. The number of rotatable bonds is 2. The maximum Gasteiger partial charge on any atom is 0.132 e. The fourth-order valence-corrected chi connectivity index (χ4v) is 1.69. The van der Waals surface area contributed by atoms with Crippen LogP contribution in [0.5, 0.6) is 0 Å². The van der Waals surface area contributed by atoms with Crippen LogP contribution < -0.4 is 0 Å². The van der Waals surface area contributed by atoms with Crippen LogP contribution in [-0.4, -0.2) is 4.98 Å². The molecule has 78 valence electrons. The summed E-state index contributed by atoms with van der Waals surface area (Å²) in [6.45, 7) is 4.30. The summed E-state index contributed by atoms with van der Waals surface area (Å²) in [6, 6.07) is 8.74. The highest BCUT2D eigenvalue weighted by molar-refractivity contribution is 5.79. The normalized spacial score (nSPS) is 11.2. The van der Waals surface area contributed by atoms with E-state index >= 15 is 0 Å². The smallest absolute Gasteiger partial charge is 0.132 e. The van der Waals surface area contributed by atoms with Crippen LogP contribution in [0.1, 0.15) is 19.5 Å². The highest BCUT2D eigenvalue weighted by Crippen LogP contribution is 2.17. The molecule has 0 N–H and O–H groups in total. The van der Waals surface area contributed by atoms with Crippen LogP contribution in [0.15, 0.2) is 30.3 Å². The molecule has 0 amide bonds. The van der Waals surface area contributed by atoms with Gasteiger partial charge < -0.3 is 0 Å². The third-order valence-electron chi connectivity index (χ3n) is 2.35. The lowest BCUT2D eigenvalue weighted by Gasteiger charge is -2.05. The van der Waals surface area contributed by atoms with Crippen LogP contribution >= 0.6 is 0 Å². The molecule has 0 unspecified atom stereocenters. The summed E-state index contributed by atoms with van der Waals surface area (Å²) in [5, 5.41) is 0.602. The number of fused-ring (bicyclic) bond motifs is 1. The van der Waals surface area contributed by atoms with Crippen molar-refractivity contribution in [3.8, 4) is 0 Å². The molecule has 2 aromatic rings. The number of benzene rings is 1. The molecule has 0 saturated carbocycles. The van der Waals surface area contributed by atoms with E-state index in [4.69, 9.17) is 0 Å². The SMILES string of the molecule is CC(C)Cc1ccc2c(F)cccc2n1. The fourth-order valence-electron chi connectivity index (χ4n) is 1.69. The monoisotopic (exact) mass is 203 g/mol. The molecule has 0 spiro atoms. The average Bonchev–Trinajstić information content (AvgIpc) is 2.17. The zero-order valence-corrected chi connectivity index (χ0v) is 9.00. The number of aromatic nitrogens is 1. The summed E-state index contributed by atoms with van der Waals surface area (Å²) in [7, 11) is 0. The van der Waals surface area contributed by atoms with E-state index in [1.807, 2.05) is 18.2 Å². The van der Waals surface area contributed by atoms with Crippen molar-refractivity contribution in [2.24, 2.45) is 5.92 Å². The lowest BCUT2D eigenvalue weighted by atomic mass is 10.1. The second kappa shape index (κ2) is 3.97. The lowest BCUT2D eigenvalue weighted by Crippen LogP contribution is -1.97. The molecular weight excluding hydrogens is 189 g/mol. The van der Waals surface area contributed by atoms with Crippen LogP contribution in [0.4, 0.5) is 4.39 Å². The molecule has 0 radical (unpaired) electrons. The third-order valence-corrected chi connectivity index (χ3v) is 2.35. The second-order valence-electron chi connectivity index (χ2n) is 4.21. The number of halogens is 1. The van der Waals surface area contributed by atoms with Gasteiger partial charge in [0.1, 0.15) is 5.82 Å². The zero-order chi connectivity index (χ0) is 10.8. The van der Waals surface area contributed by atoms with E-state index in [2.05, 4.69) is 18.8 Å². The van der Waals surface area contributed by atoms with Crippen molar-refractivity contribution in [3.05, 3.63) is 41.8 Å². The van der Waals surface area contributed by atoms with Crippen molar-refractivity contribution in [1.82, 2.24) is 4.98 Å². The minimum absolute atomic E-state index is 0.198. The molecule has 15 heavy (non-hydrogen) atoms. The van der Waals surface area contributed by atoms with Gasteiger partial charge in [-0.05, 0) is 36.6 Å². The van der Waals surface area contributed by atoms with Crippen LogP contribution in [0.2, 0.25) is 0 Å². The maximum atomic E-state index is 13.3. The number of hydrogen-bond acceptors (Lipinski definition) is 1. The first-order chi connectivity index (χ1) is 7.16. The van der Waals surface area contributed by atoms with Crippen molar-refractivity contribution in [2.75, 3.05) is 0 Å². The lowest BCUT2D eigenvalue weighted by molar-refractivity contribution is 0.633. The summed E-state index contributed by atoms with van der Waals surface area (Å²) in [4.78, 5) is 4.44. The van der Waals surface area contributed by atoms with Gasteiger partial charge in [0.15, 0.2) is 0 Å². The molecule has 2 heteroatoms. The Morgan fingerprint density at radius 3 is 2.73 bits per heavy atom. The molecule has 0 aliphatic carbocycles. The van der Waals surface area contributed by atoms with Gasteiger partial charge in [-0.3, -0.25) is 4.98 Å². The van der Waals surface area contributed by atoms with Gasteiger partial charge in [0.05, 0.1) is 5.52 Å². The topological polar surface area (TPSA) is 12.9 Å². The maximum absolute atomic E-state index is 13.3. The molecule has 1 nitrogen and oxygen atoms in total. The van der Waals surface area contributed by atoms with E-state index in [1.54, 1.807) is 6.07 Å². The van der Waals surface area contributed by atoms with Crippen molar-refractivity contribution in [2.45, 2.75) is 20.3 Å². The first-order valence-electron chi connectivity index (χ1n) is 5.21. The van der Waals surface area contributed by atoms with Gasteiger partial charge in [-0.15, -0.1) is 0 Å². The highest BCUT2D eigenvalue weighted by atomic mass is 19.1. The predicted octanol–water partition coefficient (Wildman–Crippen LogP) is 3.57. The van der Waals surface area contributed by atoms with Gasteiger partial charge in [-0.25, -0.2) is 4.39 Å². The van der Waals surface area contributed by atoms with Crippen LogP contribution in [-0.2, 0) is 6.42 Å². The summed E-state index contributed by atoms with van der Waals surface area (Å²) in [5.74, 6) is 0.375. The van der Waals surface area contributed by atoms with E-state index in [0.717, 1.165) is 17.6 Å². The summed E-state index contributed by atoms with van der Waals surface area (Å²) in [5.41, 5.74) is 1.77. The molecule has 1 aromatic heterocycles. The minimum atomic E-state index is -0.198. The van der Waals surface area contributed by atoms with Gasteiger partial charge in [0, 0.05) is 11.1 Å². The Balaban J connectivity index is 2.48. The standard InChI is InChI=1S/C13H14FN/c1-9(2)8-10-6-7-11-12(14)4-3-5-13(11)15-10/h3-7,9H,8H2,1-2H3. The van der Waals surface area contributed by atoms with E-state index in [1.165, 1.54) is 6.07 Å². The Labute approximate surface area is 89.0 Å². The molecular formula is C13H14FN. The Hall–Kier alpha value is -1.44. The average molecular weight is 203 g/mol. The Morgan fingerprint density at radius 2 is 2.00 bits per heavy atom. The molecule has 2 rings (SSSR count). The van der Waals surface area contributed by atoms with Gasteiger partial charge in [-0.1, -0.05) is 19.9 Å². The van der Waals surface area contributed by atoms with E-state index in [-0.39, 0.29) is 5.82 Å². The van der Waals surface area contributed by atoms with Crippen LogP contribution in [0.3, 0.4) is 0 Å². The molecule has 0 aliphatic heterocycles. The summed E-state index contributed by atoms with van der Waals surface area (Å²) in [6.07, 6.45) is 0.937. The molecule has 0 bridgehead atoms. The van der Waals surface area contributed by atoms with Gasteiger partial charge in [0.2, 0.25) is 0 Å².